The maximum absolute atomic E-state index is 12.6. The van der Waals surface area contributed by atoms with Gasteiger partial charge in [-0.3, -0.25) is 4.79 Å². The van der Waals surface area contributed by atoms with Crippen molar-refractivity contribution in [3.05, 3.63) is 41.2 Å². The number of para-hydroxylation sites is 1. The number of hydrogen-bond donors (Lipinski definition) is 1. The number of aromatic nitrogens is 2. The summed E-state index contributed by atoms with van der Waals surface area (Å²) in [6.45, 7) is 1.67. The molecule has 0 radical (unpaired) electrons. The summed E-state index contributed by atoms with van der Waals surface area (Å²) in [5.74, 6) is -0.132. The first kappa shape index (κ1) is 17.6. The van der Waals surface area contributed by atoms with E-state index in [0.29, 0.717) is 5.95 Å². The minimum Gasteiger partial charge on any atom is -0.341 e. The predicted octanol–water partition coefficient (Wildman–Crippen LogP) is 2.39. The molecule has 2 aromatic rings. The zero-order valence-electron chi connectivity index (χ0n) is 13.6. The highest BCUT2D eigenvalue weighted by molar-refractivity contribution is 7.90. The van der Waals surface area contributed by atoms with Crippen LogP contribution in [0.25, 0.3) is 0 Å². The Bertz CT molecular complexity index is 911. The van der Waals surface area contributed by atoms with Crippen LogP contribution in [0.5, 0.6) is 0 Å². The lowest BCUT2D eigenvalue weighted by molar-refractivity contribution is 0.102. The van der Waals surface area contributed by atoms with Crippen molar-refractivity contribution in [3.63, 3.8) is 0 Å². The summed E-state index contributed by atoms with van der Waals surface area (Å²) in [4.78, 5) is 23.0. The molecule has 1 N–H and O–H groups in total. The van der Waals surface area contributed by atoms with Crippen molar-refractivity contribution in [2.75, 3.05) is 29.6 Å². The Hall–Kier alpha value is -2.19. The maximum atomic E-state index is 12.6. The minimum absolute atomic E-state index is 0.0156. The third kappa shape index (κ3) is 3.91. The lowest BCUT2D eigenvalue weighted by Gasteiger charge is -2.16. The average Bonchev–Trinajstić information content (AvgIpc) is 3.09. The highest BCUT2D eigenvalue weighted by atomic mass is 35.5. The first-order valence-electron chi connectivity index (χ1n) is 7.74. The molecule has 132 valence electrons. The van der Waals surface area contributed by atoms with Gasteiger partial charge in [0.25, 0.3) is 5.91 Å². The third-order valence-corrected chi connectivity index (χ3v) is 5.30. The maximum Gasteiger partial charge on any atom is 0.276 e. The second-order valence-electron chi connectivity index (χ2n) is 5.78. The number of nitrogens with one attached hydrogen (secondary N) is 1. The molecule has 1 amide bonds. The van der Waals surface area contributed by atoms with Crippen LogP contribution in [0.4, 0.5) is 11.6 Å². The predicted molar refractivity (Wildman–Crippen MR) is 96.0 cm³/mol. The molecule has 0 aliphatic carbocycles. The van der Waals surface area contributed by atoms with Crippen LogP contribution in [0, 0.1) is 0 Å². The first-order chi connectivity index (χ1) is 11.9. The van der Waals surface area contributed by atoms with Crippen molar-refractivity contribution in [1.29, 1.82) is 0 Å². The number of sulfone groups is 1. The van der Waals surface area contributed by atoms with Crippen LogP contribution in [0.2, 0.25) is 5.02 Å². The Morgan fingerprint density at radius 1 is 1.24 bits per heavy atom. The first-order valence-corrected chi connectivity index (χ1v) is 10.0. The molecular weight excluding hydrogens is 364 g/mol. The van der Waals surface area contributed by atoms with Crippen LogP contribution in [-0.2, 0) is 9.84 Å². The molecule has 2 heterocycles. The lowest BCUT2D eigenvalue weighted by Crippen LogP contribution is -2.23. The molecule has 1 aromatic carbocycles. The topological polar surface area (TPSA) is 92.3 Å². The molecular formula is C16H17ClN4O3S. The van der Waals surface area contributed by atoms with E-state index in [4.69, 9.17) is 11.6 Å². The van der Waals surface area contributed by atoms with E-state index in [1.54, 1.807) is 12.1 Å². The van der Waals surface area contributed by atoms with E-state index in [2.05, 4.69) is 15.3 Å². The SMILES string of the molecule is CS(=O)(=O)c1ccccc1NC(=O)c1nc(N2CCCC2)ncc1Cl. The molecule has 1 aliphatic rings. The number of benzene rings is 1. The summed E-state index contributed by atoms with van der Waals surface area (Å²) in [6.07, 6.45) is 4.57. The van der Waals surface area contributed by atoms with E-state index >= 15 is 0 Å². The average molecular weight is 381 g/mol. The molecule has 0 saturated carbocycles. The van der Waals surface area contributed by atoms with Gasteiger partial charge in [-0.2, -0.15) is 0 Å². The summed E-state index contributed by atoms with van der Waals surface area (Å²) in [7, 11) is -3.48. The summed E-state index contributed by atoms with van der Waals surface area (Å²) in [5, 5.41) is 2.69. The normalized spacial score (nSPS) is 14.6. The second-order valence-corrected chi connectivity index (χ2v) is 8.17. The van der Waals surface area contributed by atoms with Gasteiger partial charge in [0.15, 0.2) is 15.5 Å². The number of rotatable bonds is 4. The van der Waals surface area contributed by atoms with Gasteiger partial charge in [-0.1, -0.05) is 23.7 Å². The van der Waals surface area contributed by atoms with Gasteiger partial charge < -0.3 is 10.2 Å². The van der Waals surface area contributed by atoms with Crippen LogP contribution in [0.15, 0.2) is 35.4 Å². The smallest absolute Gasteiger partial charge is 0.276 e. The van der Waals surface area contributed by atoms with Crippen LogP contribution in [0.1, 0.15) is 23.3 Å². The van der Waals surface area contributed by atoms with Crippen LogP contribution in [0.3, 0.4) is 0 Å². The number of nitrogens with zero attached hydrogens (tertiary/aromatic N) is 3. The molecule has 0 unspecified atom stereocenters. The number of hydrogen-bond acceptors (Lipinski definition) is 6. The Balaban J connectivity index is 1.91. The Kier molecular flexibility index (Phi) is 4.91. The summed E-state index contributed by atoms with van der Waals surface area (Å²) >= 11 is 6.07. The standard InChI is InChI=1S/C16H17ClN4O3S/c1-25(23,24)13-7-3-2-6-12(13)19-15(22)14-11(17)10-18-16(20-14)21-8-4-5-9-21/h2-3,6-7,10H,4-5,8-9H2,1H3,(H,19,22). The minimum atomic E-state index is -3.48. The second kappa shape index (κ2) is 6.97. The number of amides is 1. The molecule has 0 spiro atoms. The van der Waals surface area contributed by atoms with Crippen LogP contribution in [-0.4, -0.2) is 43.6 Å². The summed E-state index contributed by atoms with van der Waals surface area (Å²) in [6, 6.07) is 6.18. The highest BCUT2D eigenvalue weighted by Crippen LogP contribution is 2.24. The molecule has 0 bridgehead atoms. The molecule has 7 nitrogen and oxygen atoms in total. The Morgan fingerprint density at radius 3 is 2.60 bits per heavy atom. The van der Waals surface area contributed by atoms with Crippen molar-refractivity contribution in [2.45, 2.75) is 17.7 Å². The van der Waals surface area contributed by atoms with Gasteiger partial charge in [0.1, 0.15) is 0 Å². The fourth-order valence-electron chi connectivity index (χ4n) is 2.66. The zero-order chi connectivity index (χ0) is 18.0. The molecule has 1 saturated heterocycles. The van der Waals surface area contributed by atoms with E-state index in [-0.39, 0.29) is 21.3 Å². The summed E-state index contributed by atoms with van der Waals surface area (Å²) < 4.78 is 23.7. The van der Waals surface area contributed by atoms with Gasteiger partial charge in [-0.25, -0.2) is 18.4 Å². The molecule has 9 heteroatoms. The van der Waals surface area contributed by atoms with Gasteiger partial charge in [0.05, 0.1) is 21.8 Å². The van der Waals surface area contributed by atoms with Gasteiger partial charge in [0, 0.05) is 19.3 Å². The zero-order valence-corrected chi connectivity index (χ0v) is 15.1. The number of anilines is 2. The van der Waals surface area contributed by atoms with Gasteiger partial charge in [0.2, 0.25) is 5.95 Å². The van der Waals surface area contributed by atoms with E-state index in [9.17, 15) is 13.2 Å². The van der Waals surface area contributed by atoms with Crippen molar-refractivity contribution in [3.8, 4) is 0 Å². The lowest BCUT2D eigenvalue weighted by atomic mass is 10.3. The number of halogens is 1. The molecule has 1 aromatic heterocycles. The Morgan fingerprint density at radius 2 is 1.92 bits per heavy atom. The highest BCUT2D eigenvalue weighted by Gasteiger charge is 2.21. The summed E-state index contributed by atoms with van der Waals surface area (Å²) in [5.41, 5.74) is 0.203. The number of carbonyl (C=O) groups excluding carboxylic acids is 1. The van der Waals surface area contributed by atoms with Crippen LogP contribution < -0.4 is 10.2 Å². The fraction of sp³-hybridized carbons (Fsp3) is 0.312. The van der Waals surface area contributed by atoms with E-state index < -0.39 is 15.7 Å². The third-order valence-electron chi connectivity index (χ3n) is 3.87. The van der Waals surface area contributed by atoms with Crippen molar-refractivity contribution in [2.24, 2.45) is 0 Å². The van der Waals surface area contributed by atoms with Gasteiger partial charge >= 0.3 is 0 Å². The molecule has 1 fully saturated rings. The van der Waals surface area contributed by atoms with Gasteiger partial charge in [-0.15, -0.1) is 0 Å². The monoisotopic (exact) mass is 380 g/mol. The Labute approximate surface area is 151 Å². The fourth-order valence-corrected chi connectivity index (χ4v) is 3.68. The largest absolute Gasteiger partial charge is 0.341 e. The van der Waals surface area contributed by atoms with Crippen molar-refractivity contribution >= 4 is 39.0 Å². The van der Waals surface area contributed by atoms with Crippen molar-refractivity contribution in [1.82, 2.24) is 9.97 Å². The molecule has 0 atom stereocenters. The van der Waals surface area contributed by atoms with E-state index in [0.717, 1.165) is 32.2 Å². The quantitative estimate of drug-likeness (QED) is 0.875. The van der Waals surface area contributed by atoms with E-state index in [1.807, 2.05) is 4.90 Å². The van der Waals surface area contributed by atoms with Gasteiger partial charge in [-0.05, 0) is 25.0 Å². The molecule has 3 rings (SSSR count). The molecule has 25 heavy (non-hydrogen) atoms. The molecule has 1 aliphatic heterocycles. The van der Waals surface area contributed by atoms with Crippen molar-refractivity contribution < 1.29 is 13.2 Å². The van der Waals surface area contributed by atoms with Crippen LogP contribution >= 0.6 is 11.6 Å². The number of carbonyl (C=O) groups is 1. The van der Waals surface area contributed by atoms with E-state index in [1.165, 1.54) is 18.3 Å².